The number of carbonyl (C=O) groups is 2. The second kappa shape index (κ2) is 9.56. The van der Waals surface area contributed by atoms with Crippen molar-refractivity contribution in [3.05, 3.63) is 83.7 Å². The highest BCUT2D eigenvalue weighted by atomic mass is 16.5. The van der Waals surface area contributed by atoms with Gasteiger partial charge in [-0.2, -0.15) is 0 Å². The van der Waals surface area contributed by atoms with Crippen molar-refractivity contribution in [3.8, 4) is 5.75 Å². The van der Waals surface area contributed by atoms with Crippen LogP contribution >= 0.6 is 0 Å². The molecule has 0 atom stereocenters. The smallest absolute Gasteiger partial charge is 0.259 e. The summed E-state index contributed by atoms with van der Waals surface area (Å²) in [6.45, 7) is 0.358. The quantitative estimate of drug-likeness (QED) is 0.631. The van der Waals surface area contributed by atoms with Gasteiger partial charge < -0.3 is 20.3 Å². The van der Waals surface area contributed by atoms with Crippen molar-refractivity contribution in [3.63, 3.8) is 0 Å². The highest BCUT2D eigenvalue weighted by molar-refractivity contribution is 6.07. The standard InChI is InChI=1S/C23H24N4O3/c1-27(2)20-11-10-17(26-23(29)18-8-4-5-9-21(18)30-3)13-19(20)22(28)25-15-16-7-6-12-24-14-16/h4-14H,15H2,1-3H3,(H,25,28)(H,26,29). The van der Waals surface area contributed by atoms with Crippen LogP contribution in [0.15, 0.2) is 67.0 Å². The van der Waals surface area contributed by atoms with Crippen molar-refractivity contribution >= 4 is 23.2 Å². The van der Waals surface area contributed by atoms with E-state index in [0.717, 1.165) is 11.3 Å². The topological polar surface area (TPSA) is 83.6 Å². The maximum Gasteiger partial charge on any atom is 0.259 e. The molecule has 2 N–H and O–H groups in total. The Morgan fingerprint density at radius 3 is 2.50 bits per heavy atom. The van der Waals surface area contributed by atoms with Crippen molar-refractivity contribution in [2.45, 2.75) is 6.54 Å². The van der Waals surface area contributed by atoms with Gasteiger partial charge in [-0.15, -0.1) is 0 Å². The second-order valence-electron chi connectivity index (χ2n) is 6.82. The number of para-hydroxylation sites is 1. The second-order valence-corrected chi connectivity index (χ2v) is 6.82. The first-order valence-corrected chi connectivity index (χ1v) is 9.42. The summed E-state index contributed by atoms with van der Waals surface area (Å²) in [6.07, 6.45) is 3.39. The van der Waals surface area contributed by atoms with Crippen molar-refractivity contribution in [1.82, 2.24) is 10.3 Å². The van der Waals surface area contributed by atoms with Crippen molar-refractivity contribution in [2.75, 3.05) is 31.4 Å². The fourth-order valence-electron chi connectivity index (χ4n) is 3.00. The molecule has 0 aliphatic heterocycles. The predicted molar refractivity (Wildman–Crippen MR) is 117 cm³/mol. The zero-order valence-corrected chi connectivity index (χ0v) is 17.2. The van der Waals surface area contributed by atoms with E-state index in [1.54, 1.807) is 54.9 Å². The van der Waals surface area contributed by atoms with Crippen LogP contribution in [-0.4, -0.2) is 38.0 Å². The lowest BCUT2D eigenvalue weighted by Gasteiger charge is -2.19. The molecule has 0 radical (unpaired) electrons. The molecule has 0 bridgehead atoms. The number of hydrogen-bond acceptors (Lipinski definition) is 5. The highest BCUT2D eigenvalue weighted by Crippen LogP contribution is 2.25. The minimum Gasteiger partial charge on any atom is -0.496 e. The number of aromatic nitrogens is 1. The van der Waals surface area contributed by atoms with Gasteiger partial charge in [0.25, 0.3) is 11.8 Å². The van der Waals surface area contributed by atoms with Gasteiger partial charge >= 0.3 is 0 Å². The molecule has 3 rings (SSSR count). The van der Waals surface area contributed by atoms with E-state index < -0.39 is 0 Å². The number of anilines is 2. The Labute approximate surface area is 175 Å². The van der Waals surface area contributed by atoms with Gasteiger partial charge in [0.05, 0.1) is 18.2 Å². The van der Waals surface area contributed by atoms with Gasteiger partial charge in [-0.05, 0) is 42.0 Å². The maximum absolute atomic E-state index is 12.9. The molecule has 0 fully saturated rings. The van der Waals surface area contributed by atoms with Crippen LogP contribution in [0.5, 0.6) is 5.75 Å². The molecular formula is C23H24N4O3. The Hall–Kier alpha value is -3.87. The Kier molecular flexibility index (Phi) is 6.64. The number of amides is 2. The summed E-state index contributed by atoms with van der Waals surface area (Å²) in [4.78, 5) is 31.5. The van der Waals surface area contributed by atoms with Crippen molar-refractivity contribution in [2.24, 2.45) is 0 Å². The molecule has 0 aliphatic rings. The molecule has 3 aromatic rings. The average Bonchev–Trinajstić information content (AvgIpc) is 2.77. The van der Waals surface area contributed by atoms with Crippen LogP contribution in [0.4, 0.5) is 11.4 Å². The van der Waals surface area contributed by atoms with Gasteiger partial charge in [-0.25, -0.2) is 0 Å². The lowest BCUT2D eigenvalue weighted by atomic mass is 10.1. The number of rotatable bonds is 7. The Bertz CT molecular complexity index is 1040. The van der Waals surface area contributed by atoms with Gasteiger partial charge in [0.15, 0.2) is 0 Å². The molecule has 30 heavy (non-hydrogen) atoms. The molecule has 0 spiro atoms. The normalized spacial score (nSPS) is 10.2. The Morgan fingerprint density at radius 1 is 1.00 bits per heavy atom. The van der Waals surface area contributed by atoms with E-state index in [1.165, 1.54) is 7.11 Å². The number of ether oxygens (including phenoxy) is 1. The van der Waals surface area contributed by atoms with E-state index in [9.17, 15) is 9.59 Å². The summed E-state index contributed by atoms with van der Waals surface area (Å²) in [7, 11) is 5.24. The Morgan fingerprint density at radius 2 is 1.80 bits per heavy atom. The third-order valence-electron chi connectivity index (χ3n) is 4.51. The van der Waals surface area contributed by atoms with Gasteiger partial charge in [0.2, 0.25) is 0 Å². The van der Waals surface area contributed by atoms with Crippen LogP contribution in [0.2, 0.25) is 0 Å². The molecule has 2 amide bonds. The first-order valence-electron chi connectivity index (χ1n) is 9.42. The van der Waals surface area contributed by atoms with Gasteiger partial charge in [-0.1, -0.05) is 18.2 Å². The molecule has 0 saturated carbocycles. The number of benzene rings is 2. The molecule has 0 aliphatic carbocycles. The van der Waals surface area contributed by atoms with Crippen molar-refractivity contribution in [1.29, 1.82) is 0 Å². The van der Waals surface area contributed by atoms with Gasteiger partial charge in [0.1, 0.15) is 5.75 Å². The van der Waals surface area contributed by atoms with Crippen molar-refractivity contribution < 1.29 is 14.3 Å². The average molecular weight is 404 g/mol. The summed E-state index contributed by atoms with van der Waals surface area (Å²) in [5.74, 6) is -0.0722. The molecule has 7 heteroatoms. The lowest BCUT2D eigenvalue weighted by Crippen LogP contribution is -2.26. The summed E-state index contributed by atoms with van der Waals surface area (Å²) < 4.78 is 5.25. The number of nitrogens with one attached hydrogen (secondary N) is 2. The number of hydrogen-bond donors (Lipinski definition) is 2. The Balaban J connectivity index is 1.81. The first-order chi connectivity index (χ1) is 14.5. The summed E-state index contributed by atoms with van der Waals surface area (Å²) in [6, 6.07) is 15.9. The van der Waals surface area contributed by atoms with Crippen LogP contribution in [0.1, 0.15) is 26.3 Å². The van der Waals surface area contributed by atoms with Crippen LogP contribution < -0.4 is 20.3 Å². The molecule has 1 heterocycles. The van der Waals surface area contributed by atoms with E-state index in [-0.39, 0.29) is 11.8 Å². The van der Waals surface area contributed by atoms with E-state index in [0.29, 0.717) is 29.1 Å². The monoisotopic (exact) mass is 404 g/mol. The minimum atomic E-state index is -0.313. The number of nitrogens with zero attached hydrogens (tertiary/aromatic N) is 2. The van der Waals surface area contributed by atoms with Crippen LogP contribution in [0.3, 0.4) is 0 Å². The molecule has 7 nitrogen and oxygen atoms in total. The molecule has 154 valence electrons. The third-order valence-corrected chi connectivity index (χ3v) is 4.51. The fourth-order valence-corrected chi connectivity index (χ4v) is 3.00. The summed E-state index contributed by atoms with van der Waals surface area (Å²) in [5, 5.41) is 5.74. The highest BCUT2D eigenvalue weighted by Gasteiger charge is 2.16. The van der Waals surface area contributed by atoms with Crippen LogP contribution in [0.25, 0.3) is 0 Å². The first kappa shape index (κ1) is 20.9. The van der Waals surface area contributed by atoms with E-state index in [2.05, 4.69) is 15.6 Å². The van der Waals surface area contributed by atoms with Crippen LogP contribution in [-0.2, 0) is 6.54 Å². The summed E-state index contributed by atoms with van der Waals surface area (Å²) in [5.41, 5.74) is 3.04. The minimum absolute atomic E-state index is 0.240. The van der Waals surface area contributed by atoms with Crippen LogP contribution in [0, 0.1) is 0 Å². The van der Waals surface area contributed by atoms with E-state index in [1.807, 2.05) is 31.1 Å². The molecule has 1 aromatic heterocycles. The third kappa shape index (κ3) is 4.94. The van der Waals surface area contributed by atoms with Gasteiger partial charge in [-0.3, -0.25) is 14.6 Å². The predicted octanol–water partition coefficient (Wildman–Crippen LogP) is 3.34. The molecule has 0 saturated heterocycles. The van der Waals surface area contributed by atoms with E-state index >= 15 is 0 Å². The fraction of sp³-hybridized carbons (Fsp3) is 0.174. The maximum atomic E-state index is 12.9. The zero-order chi connectivity index (χ0) is 21.5. The van der Waals surface area contributed by atoms with E-state index in [4.69, 9.17) is 4.74 Å². The SMILES string of the molecule is COc1ccccc1C(=O)Nc1ccc(N(C)C)c(C(=O)NCc2cccnc2)c1. The lowest BCUT2D eigenvalue weighted by molar-refractivity contribution is 0.0950. The molecular weight excluding hydrogens is 380 g/mol. The molecule has 0 unspecified atom stereocenters. The number of pyridine rings is 1. The molecule has 2 aromatic carbocycles. The van der Waals surface area contributed by atoms with Gasteiger partial charge in [0, 0.05) is 44.4 Å². The largest absolute Gasteiger partial charge is 0.496 e. The summed E-state index contributed by atoms with van der Waals surface area (Å²) >= 11 is 0. The number of methoxy groups -OCH3 is 1. The zero-order valence-electron chi connectivity index (χ0n) is 17.2. The number of carbonyl (C=O) groups excluding carboxylic acids is 2.